The van der Waals surface area contributed by atoms with Crippen molar-refractivity contribution in [3.8, 4) is 28.4 Å². The van der Waals surface area contributed by atoms with E-state index in [9.17, 15) is 18.3 Å². The number of hydrogen-bond donors (Lipinski definition) is 1. The van der Waals surface area contributed by atoms with Crippen molar-refractivity contribution < 1.29 is 18.1 Å². The molecular formula is C21H15N2O5S. The van der Waals surface area contributed by atoms with E-state index in [4.69, 9.17) is 4.55 Å². The van der Waals surface area contributed by atoms with Gasteiger partial charge >= 0.3 is 0 Å². The second-order valence-electron chi connectivity index (χ2n) is 6.28. The Labute approximate surface area is 166 Å². The highest BCUT2D eigenvalue weighted by atomic mass is 32.2. The maximum absolute atomic E-state index is 13.2. The maximum atomic E-state index is 13.2. The first-order valence-corrected chi connectivity index (χ1v) is 10.1. The Hall–Kier alpha value is -3.62. The minimum atomic E-state index is -4.38. The molecule has 0 atom stereocenters. The van der Waals surface area contributed by atoms with E-state index in [1.54, 1.807) is 60.7 Å². The molecule has 4 rings (SSSR count). The Bertz CT molecular complexity index is 1320. The molecule has 1 N–H and O–H groups in total. The molecule has 7 nitrogen and oxygen atoms in total. The van der Waals surface area contributed by atoms with Crippen LogP contribution in [0.4, 0.5) is 0 Å². The van der Waals surface area contributed by atoms with Crippen LogP contribution >= 0.6 is 0 Å². The summed E-state index contributed by atoms with van der Waals surface area (Å²) >= 11 is 0. The Morgan fingerprint density at radius 2 is 1.17 bits per heavy atom. The maximum Gasteiger partial charge on any atom is 0.294 e. The van der Waals surface area contributed by atoms with Crippen LogP contribution in [0.2, 0.25) is 0 Å². The minimum Gasteiger partial charge on any atom is -0.282 e. The molecule has 0 amide bonds. The molecule has 0 saturated heterocycles. The SMILES string of the molecule is [O]c1c(-c2ccc(S(=O)(=O)O)cc2)c(=O)n(-c2ccccc2)n1-c1ccccc1. The third kappa shape index (κ3) is 3.35. The number of hydrogen-bond acceptors (Lipinski definition) is 3. The van der Waals surface area contributed by atoms with Gasteiger partial charge in [-0.15, -0.1) is 0 Å². The summed E-state index contributed by atoms with van der Waals surface area (Å²) in [6.45, 7) is 0. The zero-order valence-electron chi connectivity index (χ0n) is 15.0. The molecule has 0 aliphatic carbocycles. The first kappa shape index (κ1) is 18.7. The summed E-state index contributed by atoms with van der Waals surface area (Å²) in [4.78, 5) is 12.9. The van der Waals surface area contributed by atoms with Crippen molar-refractivity contribution in [1.82, 2.24) is 9.36 Å². The molecule has 0 aliphatic heterocycles. The van der Waals surface area contributed by atoms with Gasteiger partial charge in [0, 0.05) is 0 Å². The van der Waals surface area contributed by atoms with Crippen molar-refractivity contribution >= 4 is 10.1 Å². The van der Waals surface area contributed by atoms with Gasteiger partial charge in [0.15, 0.2) is 0 Å². The van der Waals surface area contributed by atoms with Crippen LogP contribution in [0.3, 0.4) is 0 Å². The van der Waals surface area contributed by atoms with Gasteiger partial charge < -0.3 is 0 Å². The van der Waals surface area contributed by atoms with Crippen LogP contribution in [0.15, 0.2) is 94.6 Å². The highest BCUT2D eigenvalue weighted by Crippen LogP contribution is 2.31. The fourth-order valence-electron chi connectivity index (χ4n) is 3.13. The van der Waals surface area contributed by atoms with E-state index < -0.39 is 21.6 Å². The van der Waals surface area contributed by atoms with E-state index in [1.807, 2.05) is 0 Å². The lowest BCUT2D eigenvalue weighted by atomic mass is 10.1. The zero-order valence-corrected chi connectivity index (χ0v) is 15.8. The van der Waals surface area contributed by atoms with Crippen molar-refractivity contribution in [2.24, 2.45) is 0 Å². The van der Waals surface area contributed by atoms with E-state index >= 15 is 0 Å². The monoisotopic (exact) mass is 407 g/mol. The highest BCUT2D eigenvalue weighted by Gasteiger charge is 2.25. The number of nitrogens with zero attached hydrogens (tertiary/aromatic N) is 2. The highest BCUT2D eigenvalue weighted by molar-refractivity contribution is 7.85. The summed E-state index contributed by atoms with van der Waals surface area (Å²) in [7, 11) is -4.38. The fraction of sp³-hybridized carbons (Fsp3) is 0. The predicted octanol–water partition coefficient (Wildman–Crippen LogP) is 3.69. The molecule has 0 unspecified atom stereocenters. The topological polar surface area (TPSA) is 101 Å². The van der Waals surface area contributed by atoms with Crippen molar-refractivity contribution in [3.63, 3.8) is 0 Å². The fourth-order valence-corrected chi connectivity index (χ4v) is 3.61. The quantitative estimate of drug-likeness (QED) is 0.521. The van der Waals surface area contributed by atoms with Crippen LogP contribution in [0, 0.1) is 0 Å². The van der Waals surface area contributed by atoms with Gasteiger partial charge in [-0.3, -0.25) is 14.5 Å². The molecule has 1 radical (unpaired) electrons. The predicted molar refractivity (Wildman–Crippen MR) is 107 cm³/mol. The first-order valence-electron chi connectivity index (χ1n) is 8.62. The molecule has 0 aliphatic rings. The van der Waals surface area contributed by atoms with E-state index in [0.29, 0.717) is 11.4 Å². The normalized spacial score (nSPS) is 11.5. The van der Waals surface area contributed by atoms with Crippen LogP contribution in [-0.2, 0) is 15.2 Å². The summed E-state index contributed by atoms with van der Waals surface area (Å²) in [6, 6.07) is 22.4. The summed E-state index contributed by atoms with van der Waals surface area (Å²) < 4.78 is 34.2. The Kier molecular flexibility index (Phi) is 4.57. The van der Waals surface area contributed by atoms with E-state index in [-0.39, 0.29) is 16.0 Å². The van der Waals surface area contributed by atoms with Gasteiger partial charge in [0.05, 0.1) is 16.3 Å². The van der Waals surface area contributed by atoms with Gasteiger partial charge in [-0.25, -0.2) is 9.36 Å². The van der Waals surface area contributed by atoms with Gasteiger partial charge in [0.2, 0.25) is 0 Å². The first-order chi connectivity index (χ1) is 13.9. The molecule has 1 heterocycles. The Morgan fingerprint density at radius 1 is 0.690 bits per heavy atom. The molecule has 145 valence electrons. The van der Waals surface area contributed by atoms with E-state index in [2.05, 4.69) is 0 Å². The molecule has 0 bridgehead atoms. The lowest BCUT2D eigenvalue weighted by Gasteiger charge is -2.11. The minimum absolute atomic E-state index is 0.0976. The Morgan fingerprint density at radius 3 is 1.66 bits per heavy atom. The lowest BCUT2D eigenvalue weighted by Crippen LogP contribution is -2.20. The average molecular weight is 407 g/mol. The van der Waals surface area contributed by atoms with E-state index in [0.717, 1.165) is 12.1 Å². The van der Waals surface area contributed by atoms with Gasteiger partial charge in [0.1, 0.15) is 5.56 Å². The third-order valence-corrected chi connectivity index (χ3v) is 5.32. The summed E-state index contributed by atoms with van der Waals surface area (Å²) in [5, 5.41) is 13.2. The molecular weight excluding hydrogens is 392 g/mol. The molecule has 4 aromatic rings. The lowest BCUT2D eigenvalue weighted by molar-refractivity contribution is 0.321. The number of aromatic nitrogens is 2. The number of benzene rings is 3. The van der Waals surface area contributed by atoms with Crippen LogP contribution in [0.1, 0.15) is 0 Å². The zero-order chi connectivity index (χ0) is 20.6. The summed E-state index contributed by atoms with van der Waals surface area (Å²) in [5.41, 5.74) is 0.648. The van der Waals surface area contributed by atoms with Crippen LogP contribution < -0.4 is 5.56 Å². The molecule has 29 heavy (non-hydrogen) atoms. The standard InChI is InChI=1S/C21H15N2O5S/c24-20-19(15-11-13-18(14-12-15)29(26,27)28)21(25)23(17-9-5-2-6-10-17)22(20)16-7-3-1-4-8-16/h1-14H,(H,26,27,28). The second kappa shape index (κ2) is 7.08. The van der Waals surface area contributed by atoms with Gasteiger partial charge in [-0.2, -0.15) is 8.42 Å². The average Bonchev–Trinajstić information content (AvgIpc) is 2.99. The molecule has 8 heteroatoms. The van der Waals surface area contributed by atoms with Crippen molar-refractivity contribution in [2.75, 3.05) is 0 Å². The van der Waals surface area contributed by atoms with Crippen LogP contribution in [0.5, 0.6) is 5.88 Å². The van der Waals surface area contributed by atoms with Gasteiger partial charge in [-0.05, 0) is 42.0 Å². The molecule has 1 aromatic heterocycles. The summed E-state index contributed by atoms with van der Waals surface area (Å²) in [5.74, 6) is -0.537. The number of rotatable bonds is 4. The molecule has 3 aromatic carbocycles. The smallest absolute Gasteiger partial charge is 0.282 e. The largest absolute Gasteiger partial charge is 0.294 e. The van der Waals surface area contributed by atoms with Crippen molar-refractivity contribution in [2.45, 2.75) is 4.90 Å². The molecule has 0 fully saturated rings. The van der Waals surface area contributed by atoms with Gasteiger partial charge in [0.25, 0.3) is 21.6 Å². The van der Waals surface area contributed by atoms with Crippen molar-refractivity contribution in [3.05, 3.63) is 95.3 Å². The number of para-hydroxylation sites is 2. The van der Waals surface area contributed by atoms with Crippen LogP contribution in [-0.4, -0.2) is 22.3 Å². The van der Waals surface area contributed by atoms with E-state index in [1.165, 1.54) is 21.5 Å². The summed E-state index contributed by atoms with van der Waals surface area (Å²) in [6.07, 6.45) is 0. The molecule has 0 spiro atoms. The van der Waals surface area contributed by atoms with Gasteiger partial charge in [-0.1, -0.05) is 48.5 Å². The second-order valence-corrected chi connectivity index (χ2v) is 7.70. The van der Waals surface area contributed by atoms with Crippen LogP contribution in [0.25, 0.3) is 22.5 Å². The molecule has 0 saturated carbocycles. The third-order valence-electron chi connectivity index (χ3n) is 4.45. The van der Waals surface area contributed by atoms with Crippen molar-refractivity contribution in [1.29, 1.82) is 0 Å². The Balaban J connectivity index is 2.00.